The standard InChI is InChI=1S/C9H7BrClF2NO.C7H7BrClN/c1-4-2-5(10)6(11)3-7(4)14-9(15)8(12)13;1-4-2-5(8)6(9)3-7(4)10/h2-3,8H,1H3,(H,14,15);2-3H,10H2,1H3. The maximum atomic E-state index is 12.0. The fraction of sp³-hybridized carbons (Fsp3) is 0.188. The van der Waals surface area contributed by atoms with Crippen molar-refractivity contribution in [3.63, 3.8) is 0 Å². The number of rotatable bonds is 2. The third-order valence-electron chi connectivity index (χ3n) is 3.03. The summed E-state index contributed by atoms with van der Waals surface area (Å²) in [4.78, 5) is 10.7. The zero-order chi connectivity index (χ0) is 19.3. The number of carbonyl (C=O) groups excluding carboxylic acids is 1. The van der Waals surface area contributed by atoms with Gasteiger partial charge in [0.25, 0.3) is 5.91 Å². The Kier molecular flexibility index (Phi) is 8.60. The number of aryl methyl sites for hydroxylation is 2. The van der Waals surface area contributed by atoms with Gasteiger partial charge in [0, 0.05) is 20.3 Å². The predicted molar refractivity (Wildman–Crippen MR) is 107 cm³/mol. The summed E-state index contributed by atoms with van der Waals surface area (Å²) in [6, 6.07) is 6.70. The number of nitrogens with one attached hydrogen (secondary N) is 1. The van der Waals surface area contributed by atoms with E-state index in [-0.39, 0.29) is 5.69 Å². The van der Waals surface area contributed by atoms with E-state index in [0.29, 0.717) is 20.1 Å². The molecule has 136 valence electrons. The molecule has 0 aliphatic rings. The topological polar surface area (TPSA) is 55.1 Å². The van der Waals surface area contributed by atoms with Gasteiger partial charge >= 0.3 is 6.43 Å². The number of alkyl halides is 2. The van der Waals surface area contributed by atoms with E-state index >= 15 is 0 Å². The number of carbonyl (C=O) groups is 1. The quantitative estimate of drug-likeness (QED) is 0.440. The zero-order valence-corrected chi connectivity index (χ0v) is 17.8. The highest BCUT2D eigenvalue weighted by molar-refractivity contribution is 9.10. The normalized spacial score (nSPS) is 10.3. The Balaban J connectivity index is 0.000000271. The number of nitrogen functional groups attached to an aromatic ring is 1. The molecule has 0 spiro atoms. The van der Waals surface area contributed by atoms with Crippen LogP contribution >= 0.6 is 55.1 Å². The molecule has 0 unspecified atom stereocenters. The van der Waals surface area contributed by atoms with Crippen LogP contribution in [0.5, 0.6) is 0 Å². The second kappa shape index (κ2) is 9.71. The van der Waals surface area contributed by atoms with E-state index in [2.05, 4.69) is 37.2 Å². The number of nitrogens with two attached hydrogens (primary N) is 1. The summed E-state index contributed by atoms with van der Waals surface area (Å²) >= 11 is 18.0. The van der Waals surface area contributed by atoms with Crippen LogP contribution in [0.4, 0.5) is 20.2 Å². The zero-order valence-electron chi connectivity index (χ0n) is 13.1. The molecule has 2 rings (SSSR count). The van der Waals surface area contributed by atoms with Gasteiger partial charge in [-0.2, -0.15) is 8.78 Å². The lowest BCUT2D eigenvalue weighted by Gasteiger charge is -2.09. The van der Waals surface area contributed by atoms with Gasteiger partial charge in [0.1, 0.15) is 0 Å². The molecule has 25 heavy (non-hydrogen) atoms. The second-order valence-electron chi connectivity index (χ2n) is 4.99. The van der Waals surface area contributed by atoms with E-state index in [9.17, 15) is 13.6 Å². The Morgan fingerprint density at radius 1 is 1.04 bits per heavy atom. The minimum atomic E-state index is -3.04. The summed E-state index contributed by atoms with van der Waals surface area (Å²) in [5, 5.41) is 3.09. The van der Waals surface area contributed by atoms with Crippen LogP contribution in [0, 0.1) is 13.8 Å². The van der Waals surface area contributed by atoms with Crippen molar-refractivity contribution < 1.29 is 13.6 Å². The Labute approximate surface area is 171 Å². The Bertz CT molecular complexity index is 739. The van der Waals surface area contributed by atoms with E-state index < -0.39 is 12.3 Å². The maximum absolute atomic E-state index is 12.0. The van der Waals surface area contributed by atoms with Gasteiger partial charge in [-0.15, -0.1) is 0 Å². The number of hydrogen-bond donors (Lipinski definition) is 2. The molecule has 3 N–H and O–H groups in total. The Morgan fingerprint density at radius 2 is 1.52 bits per heavy atom. The van der Waals surface area contributed by atoms with Crippen molar-refractivity contribution in [2.45, 2.75) is 20.3 Å². The molecule has 0 aliphatic heterocycles. The predicted octanol–water partition coefficient (Wildman–Crippen LogP) is 6.61. The first-order valence-electron chi connectivity index (χ1n) is 6.78. The van der Waals surface area contributed by atoms with E-state index in [4.69, 9.17) is 28.9 Å². The van der Waals surface area contributed by atoms with Crippen molar-refractivity contribution in [3.8, 4) is 0 Å². The van der Waals surface area contributed by atoms with Crippen LogP contribution in [0.1, 0.15) is 11.1 Å². The van der Waals surface area contributed by atoms with Gasteiger partial charge in [-0.3, -0.25) is 4.79 Å². The van der Waals surface area contributed by atoms with Crippen LogP contribution in [0.15, 0.2) is 33.2 Å². The molecular formula is C16H14Br2Cl2F2N2O. The first-order chi connectivity index (χ1) is 11.5. The van der Waals surface area contributed by atoms with Crippen molar-refractivity contribution in [2.24, 2.45) is 0 Å². The smallest absolute Gasteiger partial charge is 0.315 e. The molecular weight excluding hydrogens is 505 g/mol. The third kappa shape index (κ3) is 6.73. The molecule has 2 aromatic carbocycles. The summed E-state index contributed by atoms with van der Waals surface area (Å²) in [5.41, 5.74) is 8.29. The molecule has 2 aromatic rings. The summed E-state index contributed by atoms with van der Waals surface area (Å²) in [6.07, 6.45) is -3.04. The molecule has 9 heteroatoms. The number of hydrogen-bond acceptors (Lipinski definition) is 2. The van der Waals surface area contributed by atoms with Gasteiger partial charge in [0.2, 0.25) is 0 Å². The summed E-state index contributed by atoms with van der Waals surface area (Å²) in [5.74, 6) is -1.34. The fourth-order valence-electron chi connectivity index (χ4n) is 1.63. The van der Waals surface area contributed by atoms with Gasteiger partial charge in [0.05, 0.1) is 10.0 Å². The Morgan fingerprint density at radius 3 is 2.00 bits per heavy atom. The van der Waals surface area contributed by atoms with Crippen LogP contribution in [-0.4, -0.2) is 12.3 Å². The van der Waals surface area contributed by atoms with Crippen molar-refractivity contribution in [1.82, 2.24) is 0 Å². The van der Waals surface area contributed by atoms with E-state index in [1.165, 1.54) is 6.07 Å². The van der Waals surface area contributed by atoms with E-state index in [1.54, 1.807) is 19.1 Å². The minimum absolute atomic E-state index is 0.286. The first kappa shape index (κ1) is 22.2. The van der Waals surface area contributed by atoms with E-state index in [1.807, 2.05) is 13.0 Å². The van der Waals surface area contributed by atoms with Crippen LogP contribution in [0.3, 0.4) is 0 Å². The SMILES string of the molecule is Cc1cc(Br)c(Cl)cc1N.Cc1cc(Br)c(Cl)cc1NC(=O)C(F)F. The van der Waals surface area contributed by atoms with Crippen LogP contribution < -0.4 is 11.1 Å². The number of benzene rings is 2. The largest absolute Gasteiger partial charge is 0.398 e. The maximum Gasteiger partial charge on any atom is 0.315 e. The van der Waals surface area contributed by atoms with Gasteiger partial charge < -0.3 is 11.1 Å². The molecule has 1 amide bonds. The van der Waals surface area contributed by atoms with Gasteiger partial charge in [-0.1, -0.05) is 23.2 Å². The molecule has 0 fully saturated rings. The molecule has 3 nitrogen and oxygen atoms in total. The Hall–Kier alpha value is -0.890. The monoisotopic (exact) mass is 516 g/mol. The van der Waals surface area contributed by atoms with Crippen molar-refractivity contribution >= 4 is 72.3 Å². The molecule has 0 saturated carbocycles. The molecule has 0 heterocycles. The highest BCUT2D eigenvalue weighted by Gasteiger charge is 2.16. The molecule has 0 atom stereocenters. The number of halogens is 6. The summed E-state index contributed by atoms with van der Waals surface area (Å²) in [7, 11) is 0. The second-order valence-corrected chi connectivity index (χ2v) is 7.52. The lowest BCUT2D eigenvalue weighted by Crippen LogP contribution is -2.20. The minimum Gasteiger partial charge on any atom is -0.398 e. The highest BCUT2D eigenvalue weighted by atomic mass is 79.9. The lowest BCUT2D eigenvalue weighted by atomic mass is 10.2. The fourth-order valence-corrected chi connectivity index (χ4v) is 2.88. The number of amides is 1. The molecule has 0 aromatic heterocycles. The van der Waals surface area contributed by atoms with Crippen LogP contribution in [0.25, 0.3) is 0 Å². The van der Waals surface area contributed by atoms with E-state index in [0.717, 1.165) is 15.7 Å². The first-order valence-corrected chi connectivity index (χ1v) is 9.13. The molecule has 0 radical (unpaired) electrons. The van der Waals surface area contributed by atoms with Crippen molar-refractivity contribution in [1.29, 1.82) is 0 Å². The summed E-state index contributed by atoms with van der Waals surface area (Å²) in [6.45, 7) is 3.62. The number of anilines is 2. The molecule has 0 saturated heterocycles. The molecule has 0 bridgehead atoms. The van der Waals surface area contributed by atoms with Gasteiger partial charge in [-0.05, 0) is 81.1 Å². The average Bonchev–Trinajstić information content (AvgIpc) is 2.51. The van der Waals surface area contributed by atoms with Gasteiger partial charge in [-0.25, -0.2) is 0 Å². The highest BCUT2D eigenvalue weighted by Crippen LogP contribution is 2.29. The summed E-state index contributed by atoms with van der Waals surface area (Å²) < 4.78 is 25.5. The van der Waals surface area contributed by atoms with Gasteiger partial charge in [0.15, 0.2) is 0 Å². The van der Waals surface area contributed by atoms with Crippen LogP contribution in [0.2, 0.25) is 10.0 Å². The average molecular weight is 519 g/mol. The van der Waals surface area contributed by atoms with Crippen molar-refractivity contribution in [2.75, 3.05) is 11.1 Å². The van der Waals surface area contributed by atoms with Crippen LogP contribution in [-0.2, 0) is 4.79 Å². The third-order valence-corrected chi connectivity index (χ3v) is 5.43. The van der Waals surface area contributed by atoms with Crippen molar-refractivity contribution in [3.05, 3.63) is 54.4 Å². The molecule has 0 aliphatic carbocycles. The lowest BCUT2D eigenvalue weighted by molar-refractivity contribution is -0.126.